The maximum atomic E-state index is 12.9. The van der Waals surface area contributed by atoms with Crippen LogP contribution in [0.4, 0.5) is 5.82 Å². The summed E-state index contributed by atoms with van der Waals surface area (Å²) in [5, 5.41) is 7.90. The zero-order chi connectivity index (χ0) is 21.5. The second-order valence-corrected chi connectivity index (χ2v) is 7.89. The van der Waals surface area contributed by atoms with Crippen molar-refractivity contribution in [2.75, 3.05) is 5.32 Å². The van der Waals surface area contributed by atoms with Crippen LogP contribution in [0.25, 0.3) is 17.4 Å². The van der Waals surface area contributed by atoms with E-state index >= 15 is 0 Å². The molecule has 2 N–H and O–H groups in total. The van der Waals surface area contributed by atoms with Gasteiger partial charge >= 0.3 is 0 Å². The molecule has 1 aromatic carbocycles. The monoisotopic (exact) mass is 455 g/mol. The molecule has 0 saturated carbocycles. The summed E-state index contributed by atoms with van der Waals surface area (Å²) >= 11 is 12.2. The first kappa shape index (κ1) is 19.6. The highest BCUT2D eigenvalue weighted by Crippen LogP contribution is 2.27. The number of amides is 1. The summed E-state index contributed by atoms with van der Waals surface area (Å²) in [5.74, 6) is 0.506. The number of fused-ring (bicyclic) bond motifs is 1. The number of aryl methyl sites for hydroxylation is 1. The fraction of sp³-hybridized carbons (Fsp3) is 0.143. The van der Waals surface area contributed by atoms with Crippen LogP contribution in [0.5, 0.6) is 0 Å². The molecule has 1 amide bonds. The smallest absolute Gasteiger partial charge is 0.258 e. The predicted molar refractivity (Wildman–Crippen MR) is 116 cm³/mol. The van der Waals surface area contributed by atoms with Crippen LogP contribution >= 0.6 is 23.2 Å². The fourth-order valence-electron chi connectivity index (χ4n) is 3.56. The molecule has 0 atom stereocenters. The van der Waals surface area contributed by atoms with E-state index in [0.29, 0.717) is 28.5 Å². The molecule has 3 heterocycles. The van der Waals surface area contributed by atoms with Crippen molar-refractivity contribution in [2.45, 2.75) is 19.3 Å². The molecule has 5 rings (SSSR count). The Morgan fingerprint density at radius 1 is 1.19 bits per heavy atom. The molecule has 3 aromatic heterocycles. The number of nitrogens with one attached hydrogen (secondary N) is 2. The van der Waals surface area contributed by atoms with Gasteiger partial charge in [-0.25, -0.2) is 4.98 Å². The minimum absolute atomic E-state index is 0.205. The summed E-state index contributed by atoms with van der Waals surface area (Å²) < 4.78 is 6.80. The van der Waals surface area contributed by atoms with Gasteiger partial charge in [-0.3, -0.25) is 14.6 Å². The van der Waals surface area contributed by atoms with E-state index in [1.165, 1.54) is 17.0 Å². The first-order chi connectivity index (χ1) is 15.0. The van der Waals surface area contributed by atoms with Gasteiger partial charge in [0.2, 0.25) is 5.95 Å². The van der Waals surface area contributed by atoms with E-state index in [1.807, 2.05) is 0 Å². The molecular weight excluding hydrogens is 441 g/mol. The van der Waals surface area contributed by atoms with E-state index in [0.717, 1.165) is 18.5 Å². The number of hydrogen-bond donors (Lipinski definition) is 2. The average molecular weight is 456 g/mol. The average Bonchev–Trinajstić information content (AvgIpc) is 3.49. The molecule has 156 valence electrons. The van der Waals surface area contributed by atoms with E-state index in [-0.39, 0.29) is 27.9 Å². The van der Waals surface area contributed by atoms with E-state index < -0.39 is 5.91 Å². The highest BCUT2D eigenvalue weighted by Gasteiger charge is 2.22. The van der Waals surface area contributed by atoms with Gasteiger partial charge in [0.05, 0.1) is 22.5 Å². The number of furan rings is 1. The minimum Gasteiger partial charge on any atom is -0.463 e. The van der Waals surface area contributed by atoms with Gasteiger partial charge in [-0.05, 0) is 49.6 Å². The number of aromatic amines is 1. The first-order valence-electron chi connectivity index (χ1n) is 9.52. The molecule has 31 heavy (non-hydrogen) atoms. The Labute approximate surface area is 185 Å². The standard InChI is InChI=1S/C21H15Cl2N5O3/c22-11-6-7-14(23)13(9-11)20(30)25-18-10-16(17-5-2-8-31-17)27-28(18)21-24-15-4-1-3-12(15)19(29)26-21/h2,5-10H,1,3-4H2,(H,25,30)(H,24,26,29). The molecule has 1 aliphatic rings. The molecule has 0 aliphatic heterocycles. The Kier molecular flexibility index (Phi) is 4.88. The fourth-order valence-corrected chi connectivity index (χ4v) is 3.94. The quantitative estimate of drug-likeness (QED) is 0.477. The van der Waals surface area contributed by atoms with Gasteiger partial charge in [0.1, 0.15) is 11.5 Å². The van der Waals surface area contributed by atoms with Crippen LogP contribution in [0.2, 0.25) is 10.0 Å². The molecule has 4 aromatic rings. The van der Waals surface area contributed by atoms with E-state index in [1.54, 1.807) is 30.3 Å². The van der Waals surface area contributed by atoms with Crippen LogP contribution in [0, 0.1) is 0 Å². The van der Waals surface area contributed by atoms with Gasteiger partial charge in [-0.1, -0.05) is 23.2 Å². The Hall–Kier alpha value is -3.36. The third kappa shape index (κ3) is 3.64. The lowest BCUT2D eigenvalue weighted by Gasteiger charge is -2.10. The highest BCUT2D eigenvalue weighted by molar-refractivity contribution is 6.36. The topological polar surface area (TPSA) is 106 Å². The predicted octanol–water partition coefficient (Wildman–Crippen LogP) is 4.26. The summed E-state index contributed by atoms with van der Waals surface area (Å²) in [4.78, 5) is 32.7. The SMILES string of the molecule is O=C(Nc1cc(-c2ccco2)nn1-c1nc2c(c(=O)[nH]1)CCC2)c1cc(Cl)ccc1Cl. The van der Waals surface area contributed by atoms with Gasteiger partial charge < -0.3 is 9.73 Å². The lowest BCUT2D eigenvalue weighted by Crippen LogP contribution is -2.21. The maximum absolute atomic E-state index is 12.9. The van der Waals surface area contributed by atoms with Gasteiger partial charge in [0.25, 0.3) is 11.5 Å². The Morgan fingerprint density at radius 3 is 2.87 bits per heavy atom. The Bertz CT molecular complexity index is 1360. The first-order valence-corrected chi connectivity index (χ1v) is 10.3. The molecule has 0 unspecified atom stereocenters. The summed E-state index contributed by atoms with van der Waals surface area (Å²) in [6, 6.07) is 9.72. The molecule has 0 radical (unpaired) electrons. The Morgan fingerprint density at radius 2 is 2.06 bits per heavy atom. The van der Waals surface area contributed by atoms with Crippen molar-refractivity contribution in [1.29, 1.82) is 0 Å². The molecular formula is C21H15Cl2N5O3. The molecule has 8 nitrogen and oxygen atoms in total. The largest absolute Gasteiger partial charge is 0.463 e. The number of hydrogen-bond acceptors (Lipinski definition) is 5. The number of carbonyl (C=O) groups excluding carboxylic acids is 1. The normalized spacial score (nSPS) is 12.7. The third-order valence-electron chi connectivity index (χ3n) is 5.03. The van der Waals surface area contributed by atoms with Gasteiger partial charge in [-0.15, -0.1) is 0 Å². The number of rotatable bonds is 4. The summed E-state index contributed by atoms with van der Waals surface area (Å²) in [7, 11) is 0. The third-order valence-corrected chi connectivity index (χ3v) is 5.59. The molecule has 0 saturated heterocycles. The number of aromatic nitrogens is 4. The van der Waals surface area contributed by atoms with Crippen LogP contribution in [0.3, 0.4) is 0 Å². The Balaban J connectivity index is 1.60. The van der Waals surface area contributed by atoms with Crippen molar-refractivity contribution in [3.63, 3.8) is 0 Å². The van der Waals surface area contributed by atoms with E-state index in [4.69, 9.17) is 27.6 Å². The number of benzene rings is 1. The summed E-state index contributed by atoms with van der Waals surface area (Å²) in [6.07, 6.45) is 3.82. The second kappa shape index (κ2) is 7.72. The van der Waals surface area contributed by atoms with Crippen molar-refractivity contribution < 1.29 is 9.21 Å². The molecule has 1 aliphatic carbocycles. The summed E-state index contributed by atoms with van der Waals surface area (Å²) in [6.45, 7) is 0. The van der Waals surface area contributed by atoms with Crippen molar-refractivity contribution in [1.82, 2.24) is 19.7 Å². The maximum Gasteiger partial charge on any atom is 0.258 e. The zero-order valence-corrected chi connectivity index (χ0v) is 17.5. The molecule has 0 bridgehead atoms. The lowest BCUT2D eigenvalue weighted by atomic mass is 10.2. The van der Waals surface area contributed by atoms with Gasteiger partial charge in [0, 0.05) is 16.7 Å². The highest BCUT2D eigenvalue weighted by atomic mass is 35.5. The van der Waals surface area contributed by atoms with Crippen LogP contribution < -0.4 is 10.9 Å². The summed E-state index contributed by atoms with van der Waals surface area (Å²) in [5.41, 5.74) is 1.89. The van der Waals surface area contributed by atoms with Crippen molar-refractivity contribution in [3.8, 4) is 17.4 Å². The second-order valence-electron chi connectivity index (χ2n) is 7.05. The number of anilines is 1. The van der Waals surface area contributed by atoms with Crippen LogP contribution in [0.1, 0.15) is 28.0 Å². The number of nitrogens with zero attached hydrogens (tertiary/aromatic N) is 3. The van der Waals surface area contributed by atoms with Crippen LogP contribution in [-0.4, -0.2) is 25.7 Å². The van der Waals surface area contributed by atoms with Crippen molar-refractivity contribution in [2.24, 2.45) is 0 Å². The van der Waals surface area contributed by atoms with Crippen LogP contribution in [0.15, 0.2) is 51.9 Å². The van der Waals surface area contributed by atoms with Gasteiger partial charge in [-0.2, -0.15) is 9.78 Å². The molecule has 0 spiro atoms. The van der Waals surface area contributed by atoms with E-state index in [9.17, 15) is 9.59 Å². The zero-order valence-electron chi connectivity index (χ0n) is 16.0. The van der Waals surface area contributed by atoms with Crippen molar-refractivity contribution >= 4 is 34.9 Å². The molecule has 10 heteroatoms. The van der Waals surface area contributed by atoms with Crippen LogP contribution in [-0.2, 0) is 12.8 Å². The van der Waals surface area contributed by atoms with Gasteiger partial charge in [0.15, 0.2) is 5.76 Å². The number of halogens is 2. The number of carbonyl (C=O) groups is 1. The minimum atomic E-state index is -0.483. The lowest BCUT2D eigenvalue weighted by molar-refractivity contribution is 0.102. The van der Waals surface area contributed by atoms with Crippen molar-refractivity contribution in [3.05, 3.63) is 79.9 Å². The number of H-pyrrole nitrogens is 1. The van der Waals surface area contributed by atoms with E-state index in [2.05, 4.69) is 20.4 Å². The molecule has 0 fully saturated rings.